The number of para-hydroxylation sites is 1. The Labute approximate surface area is 138 Å². The summed E-state index contributed by atoms with van der Waals surface area (Å²) in [5, 5.41) is 9.28. The van der Waals surface area contributed by atoms with Gasteiger partial charge in [0.25, 0.3) is 0 Å². The second kappa shape index (κ2) is 7.92. The highest BCUT2D eigenvalue weighted by atomic mass is 16.6. The van der Waals surface area contributed by atoms with Gasteiger partial charge in [-0.25, -0.2) is 9.59 Å². The summed E-state index contributed by atoms with van der Waals surface area (Å²) in [4.78, 5) is 34.7. The van der Waals surface area contributed by atoms with Gasteiger partial charge >= 0.3 is 17.9 Å². The molecule has 6 nitrogen and oxygen atoms in total. The number of hydrogen-bond donors (Lipinski definition) is 1. The number of benzene rings is 2. The molecule has 24 heavy (non-hydrogen) atoms. The molecule has 0 aliphatic rings. The zero-order valence-corrected chi connectivity index (χ0v) is 13.0. The third-order valence-electron chi connectivity index (χ3n) is 3.15. The predicted molar refractivity (Wildman–Crippen MR) is 84.7 cm³/mol. The van der Waals surface area contributed by atoms with Crippen LogP contribution in [0, 0.1) is 0 Å². The summed E-state index contributed by atoms with van der Waals surface area (Å²) in [6, 6.07) is 14.8. The average Bonchev–Trinajstić information content (AvgIpc) is 2.55. The number of carboxylic acid groups (broad SMARTS) is 1. The number of ether oxygens (including phenoxy) is 2. The van der Waals surface area contributed by atoms with Gasteiger partial charge in [-0.05, 0) is 17.7 Å². The van der Waals surface area contributed by atoms with Gasteiger partial charge in [0.1, 0.15) is 11.3 Å². The maximum Gasteiger partial charge on any atom is 0.345 e. The number of carbonyl (C=O) groups excluding carboxylic acids is 2. The van der Waals surface area contributed by atoms with Crippen LogP contribution in [0.2, 0.25) is 0 Å². The van der Waals surface area contributed by atoms with Crippen LogP contribution >= 0.6 is 0 Å². The maximum absolute atomic E-state index is 12.3. The highest BCUT2D eigenvalue weighted by molar-refractivity contribution is 5.94. The molecule has 1 atom stereocenters. The fourth-order valence-electron chi connectivity index (χ4n) is 2.08. The van der Waals surface area contributed by atoms with Crippen molar-refractivity contribution in [3.8, 4) is 5.75 Å². The van der Waals surface area contributed by atoms with Crippen molar-refractivity contribution in [1.29, 1.82) is 0 Å². The molecule has 1 unspecified atom stereocenters. The summed E-state index contributed by atoms with van der Waals surface area (Å²) in [6.07, 6.45) is -1.30. The molecule has 1 N–H and O–H groups in total. The molecule has 0 amide bonds. The molecule has 0 heterocycles. The molecule has 2 rings (SSSR count). The van der Waals surface area contributed by atoms with Crippen molar-refractivity contribution >= 4 is 17.9 Å². The highest BCUT2D eigenvalue weighted by Crippen LogP contribution is 2.20. The van der Waals surface area contributed by atoms with Crippen LogP contribution < -0.4 is 4.74 Å². The van der Waals surface area contributed by atoms with Gasteiger partial charge < -0.3 is 14.6 Å². The fraction of sp³-hybridized carbons (Fsp3) is 0.167. The fourth-order valence-corrected chi connectivity index (χ4v) is 2.08. The molecule has 0 aliphatic heterocycles. The van der Waals surface area contributed by atoms with E-state index in [9.17, 15) is 19.5 Å². The Hall–Kier alpha value is -3.15. The second-order valence-electron chi connectivity index (χ2n) is 5.01. The minimum atomic E-state index is -1.34. The minimum Gasteiger partial charge on any atom is -0.478 e. The van der Waals surface area contributed by atoms with Gasteiger partial charge in [0.05, 0.1) is 0 Å². The van der Waals surface area contributed by atoms with Crippen LogP contribution in [0.15, 0.2) is 54.6 Å². The quantitative estimate of drug-likeness (QED) is 0.647. The molecule has 0 radical (unpaired) electrons. The lowest BCUT2D eigenvalue weighted by molar-refractivity contribution is -0.147. The van der Waals surface area contributed by atoms with Crippen LogP contribution in [0.5, 0.6) is 5.75 Å². The molecule has 0 saturated heterocycles. The topological polar surface area (TPSA) is 89.9 Å². The SMILES string of the molecule is CC(=O)Oc1ccccc1C(=O)OC(Cc1ccccc1)C(=O)O. The smallest absolute Gasteiger partial charge is 0.345 e. The molecule has 0 aliphatic carbocycles. The van der Waals surface area contributed by atoms with E-state index in [1.165, 1.54) is 19.1 Å². The van der Waals surface area contributed by atoms with Crippen molar-refractivity contribution in [2.45, 2.75) is 19.4 Å². The van der Waals surface area contributed by atoms with Crippen molar-refractivity contribution in [2.75, 3.05) is 0 Å². The first-order valence-electron chi connectivity index (χ1n) is 7.22. The molecule has 6 heteroatoms. The van der Waals surface area contributed by atoms with Crippen LogP contribution in [-0.4, -0.2) is 29.1 Å². The van der Waals surface area contributed by atoms with Crippen LogP contribution in [0.1, 0.15) is 22.8 Å². The summed E-state index contributed by atoms with van der Waals surface area (Å²) in [7, 11) is 0. The Morgan fingerprint density at radius 2 is 1.62 bits per heavy atom. The second-order valence-corrected chi connectivity index (χ2v) is 5.01. The summed E-state index contributed by atoms with van der Waals surface area (Å²) in [6.45, 7) is 1.21. The molecule has 0 aromatic heterocycles. The molecule has 2 aromatic carbocycles. The largest absolute Gasteiger partial charge is 0.478 e. The average molecular weight is 328 g/mol. The lowest BCUT2D eigenvalue weighted by Crippen LogP contribution is -2.29. The monoisotopic (exact) mass is 328 g/mol. The Morgan fingerprint density at radius 1 is 1.00 bits per heavy atom. The number of carboxylic acids is 1. The number of carbonyl (C=O) groups is 3. The van der Waals surface area contributed by atoms with E-state index in [2.05, 4.69) is 0 Å². The van der Waals surface area contributed by atoms with Gasteiger partial charge in [-0.2, -0.15) is 0 Å². The Balaban J connectivity index is 2.17. The van der Waals surface area contributed by atoms with Crippen LogP contribution in [0.4, 0.5) is 0 Å². The van der Waals surface area contributed by atoms with Gasteiger partial charge in [0.15, 0.2) is 0 Å². The van der Waals surface area contributed by atoms with Crippen molar-refractivity contribution in [1.82, 2.24) is 0 Å². The third-order valence-corrected chi connectivity index (χ3v) is 3.15. The molecule has 0 spiro atoms. The Bertz CT molecular complexity index is 738. The van der Waals surface area contributed by atoms with Crippen LogP contribution in [0.3, 0.4) is 0 Å². The van der Waals surface area contributed by atoms with Gasteiger partial charge in [-0.15, -0.1) is 0 Å². The Morgan fingerprint density at radius 3 is 2.25 bits per heavy atom. The summed E-state index contributed by atoms with van der Waals surface area (Å²) < 4.78 is 10.0. The molecular weight excluding hydrogens is 312 g/mol. The summed E-state index contributed by atoms with van der Waals surface area (Å²) in [5.74, 6) is -2.68. The van der Waals surface area contributed by atoms with Gasteiger partial charge in [0.2, 0.25) is 6.10 Å². The summed E-state index contributed by atoms with van der Waals surface area (Å²) in [5.41, 5.74) is 0.720. The van der Waals surface area contributed by atoms with E-state index in [4.69, 9.17) is 9.47 Å². The van der Waals surface area contributed by atoms with Gasteiger partial charge in [0, 0.05) is 13.3 Å². The number of esters is 2. The van der Waals surface area contributed by atoms with E-state index in [1.807, 2.05) is 0 Å². The molecule has 0 bridgehead atoms. The lowest BCUT2D eigenvalue weighted by Gasteiger charge is -2.15. The first-order valence-corrected chi connectivity index (χ1v) is 7.22. The molecule has 124 valence electrons. The zero-order valence-electron chi connectivity index (χ0n) is 13.0. The zero-order chi connectivity index (χ0) is 17.5. The van der Waals surface area contributed by atoms with E-state index in [0.717, 1.165) is 5.56 Å². The maximum atomic E-state index is 12.3. The molecular formula is C18H16O6. The third kappa shape index (κ3) is 4.67. The normalized spacial score (nSPS) is 11.4. The van der Waals surface area contributed by atoms with Crippen molar-refractivity contribution in [3.05, 3.63) is 65.7 Å². The van der Waals surface area contributed by atoms with Crippen LogP contribution in [-0.2, 0) is 20.7 Å². The lowest BCUT2D eigenvalue weighted by atomic mass is 10.1. The van der Waals surface area contributed by atoms with Crippen molar-refractivity contribution in [2.24, 2.45) is 0 Å². The van der Waals surface area contributed by atoms with Crippen molar-refractivity contribution in [3.63, 3.8) is 0 Å². The van der Waals surface area contributed by atoms with Gasteiger partial charge in [-0.1, -0.05) is 42.5 Å². The number of rotatable bonds is 6. The van der Waals surface area contributed by atoms with E-state index in [1.54, 1.807) is 42.5 Å². The first-order chi connectivity index (χ1) is 11.5. The first kappa shape index (κ1) is 17.2. The molecule has 0 fully saturated rings. The predicted octanol–water partition coefficient (Wildman–Crippen LogP) is 2.46. The van der Waals surface area contributed by atoms with E-state index < -0.39 is 24.0 Å². The highest BCUT2D eigenvalue weighted by Gasteiger charge is 2.25. The van der Waals surface area contributed by atoms with Crippen LogP contribution in [0.25, 0.3) is 0 Å². The summed E-state index contributed by atoms with van der Waals surface area (Å²) >= 11 is 0. The standard InChI is InChI=1S/C18H16O6/c1-12(19)23-15-10-6-5-9-14(15)18(22)24-16(17(20)21)11-13-7-3-2-4-8-13/h2-10,16H,11H2,1H3,(H,20,21). The van der Waals surface area contributed by atoms with Gasteiger partial charge in [-0.3, -0.25) is 4.79 Å². The molecule has 2 aromatic rings. The molecule has 0 saturated carbocycles. The number of hydrogen-bond acceptors (Lipinski definition) is 5. The van der Waals surface area contributed by atoms with E-state index in [0.29, 0.717) is 0 Å². The van der Waals surface area contributed by atoms with E-state index >= 15 is 0 Å². The Kier molecular flexibility index (Phi) is 5.68. The van der Waals surface area contributed by atoms with Crippen molar-refractivity contribution < 1.29 is 29.0 Å². The minimum absolute atomic E-state index is 0.00740. The van der Waals surface area contributed by atoms with E-state index in [-0.39, 0.29) is 17.7 Å². The number of aliphatic carboxylic acids is 1.